The van der Waals surface area contributed by atoms with Crippen molar-refractivity contribution in [3.05, 3.63) is 75.7 Å². The molecule has 0 radical (unpaired) electrons. The highest BCUT2D eigenvalue weighted by atomic mass is 32.1. The van der Waals surface area contributed by atoms with Gasteiger partial charge >= 0.3 is 0 Å². The number of thiophene rings is 1. The van der Waals surface area contributed by atoms with Crippen LogP contribution in [0.4, 0.5) is 5.69 Å². The molecular formula is C23H21N3O3S. The number of aryl methyl sites for hydroxylation is 2. The molecule has 0 aliphatic rings. The van der Waals surface area contributed by atoms with Crippen molar-refractivity contribution >= 4 is 33.1 Å². The van der Waals surface area contributed by atoms with Gasteiger partial charge in [-0.15, -0.1) is 11.3 Å². The lowest BCUT2D eigenvalue weighted by molar-refractivity contribution is -0.116. The summed E-state index contributed by atoms with van der Waals surface area (Å²) in [5, 5.41) is 5.29. The van der Waals surface area contributed by atoms with Crippen molar-refractivity contribution in [2.24, 2.45) is 0 Å². The van der Waals surface area contributed by atoms with Gasteiger partial charge in [-0.3, -0.25) is 14.2 Å². The van der Waals surface area contributed by atoms with E-state index in [2.05, 4.69) is 16.4 Å². The maximum absolute atomic E-state index is 13.2. The van der Waals surface area contributed by atoms with E-state index >= 15 is 0 Å². The number of hydrogen-bond acceptors (Lipinski definition) is 5. The van der Waals surface area contributed by atoms with Crippen molar-refractivity contribution in [2.45, 2.75) is 20.4 Å². The van der Waals surface area contributed by atoms with Crippen molar-refractivity contribution in [1.82, 2.24) is 9.55 Å². The highest BCUT2D eigenvalue weighted by molar-refractivity contribution is 7.17. The highest BCUT2D eigenvalue weighted by Gasteiger charge is 2.16. The first kappa shape index (κ1) is 19.8. The molecule has 0 spiro atoms. The lowest BCUT2D eigenvalue weighted by Gasteiger charge is -2.11. The average Bonchev–Trinajstić information content (AvgIpc) is 3.15. The molecule has 4 aromatic rings. The summed E-state index contributed by atoms with van der Waals surface area (Å²) < 4.78 is 6.60. The molecule has 0 aliphatic heterocycles. The maximum atomic E-state index is 13.2. The number of para-hydroxylation sites is 2. The van der Waals surface area contributed by atoms with Gasteiger partial charge in [-0.05, 0) is 37.1 Å². The zero-order valence-corrected chi connectivity index (χ0v) is 17.7. The minimum atomic E-state index is -0.328. The molecule has 30 heavy (non-hydrogen) atoms. The Bertz CT molecular complexity index is 1310. The van der Waals surface area contributed by atoms with Crippen molar-refractivity contribution in [1.29, 1.82) is 0 Å². The van der Waals surface area contributed by atoms with E-state index < -0.39 is 0 Å². The molecule has 0 bridgehead atoms. The van der Waals surface area contributed by atoms with E-state index in [4.69, 9.17) is 4.74 Å². The SMILES string of the molecule is COc1ccccc1NC(=O)Cn1cnc2scc(-c3ccc(C)cc3C)c2c1=O. The molecule has 0 saturated carbocycles. The third kappa shape index (κ3) is 3.71. The van der Waals surface area contributed by atoms with Crippen molar-refractivity contribution in [3.8, 4) is 16.9 Å². The molecular weight excluding hydrogens is 398 g/mol. The first-order valence-corrected chi connectivity index (χ1v) is 10.3. The largest absolute Gasteiger partial charge is 0.495 e. The number of carbonyl (C=O) groups excluding carboxylic acids is 1. The van der Waals surface area contributed by atoms with Crippen LogP contribution in [-0.2, 0) is 11.3 Å². The number of ether oxygens (including phenoxy) is 1. The summed E-state index contributed by atoms with van der Waals surface area (Å²) in [6.07, 6.45) is 1.43. The Hall–Kier alpha value is -3.45. The smallest absolute Gasteiger partial charge is 0.263 e. The van der Waals surface area contributed by atoms with Crippen LogP contribution in [0.3, 0.4) is 0 Å². The summed E-state index contributed by atoms with van der Waals surface area (Å²) in [4.78, 5) is 30.8. The van der Waals surface area contributed by atoms with E-state index in [0.717, 1.165) is 16.7 Å². The molecule has 2 aromatic carbocycles. The molecule has 7 heteroatoms. The van der Waals surface area contributed by atoms with Crippen LogP contribution in [0.2, 0.25) is 0 Å². The van der Waals surface area contributed by atoms with Crippen LogP contribution in [0.15, 0.2) is 59.0 Å². The van der Waals surface area contributed by atoms with Crippen molar-refractivity contribution in [2.75, 3.05) is 12.4 Å². The van der Waals surface area contributed by atoms with E-state index in [9.17, 15) is 9.59 Å². The topological polar surface area (TPSA) is 73.2 Å². The van der Waals surface area contributed by atoms with Crippen LogP contribution in [0, 0.1) is 13.8 Å². The predicted octanol–water partition coefficient (Wildman–Crippen LogP) is 4.39. The zero-order valence-electron chi connectivity index (χ0n) is 16.9. The molecule has 4 rings (SSSR count). The summed E-state index contributed by atoms with van der Waals surface area (Å²) in [5.74, 6) is 0.229. The number of fused-ring (bicyclic) bond motifs is 1. The van der Waals surface area contributed by atoms with E-state index in [0.29, 0.717) is 21.7 Å². The van der Waals surface area contributed by atoms with Crippen LogP contribution in [0.25, 0.3) is 21.3 Å². The van der Waals surface area contributed by atoms with Crippen LogP contribution in [0.1, 0.15) is 11.1 Å². The number of amides is 1. The Morgan fingerprint density at radius 2 is 1.97 bits per heavy atom. The van der Waals surface area contributed by atoms with Crippen LogP contribution >= 0.6 is 11.3 Å². The van der Waals surface area contributed by atoms with Crippen LogP contribution in [0.5, 0.6) is 5.75 Å². The molecule has 0 aliphatic carbocycles. The van der Waals surface area contributed by atoms with Gasteiger partial charge in [0.25, 0.3) is 5.56 Å². The van der Waals surface area contributed by atoms with Gasteiger partial charge < -0.3 is 10.1 Å². The maximum Gasteiger partial charge on any atom is 0.263 e. The number of hydrogen-bond donors (Lipinski definition) is 1. The number of nitrogens with one attached hydrogen (secondary N) is 1. The number of carbonyl (C=O) groups is 1. The van der Waals surface area contributed by atoms with Gasteiger partial charge in [0.15, 0.2) is 0 Å². The summed E-state index contributed by atoms with van der Waals surface area (Å²) in [7, 11) is 1.54. The second-order valence-electron chi connectivity index (χ2n) is 7.07. The summed E-state index contributed by atoms with van der Waals surface area (Å²) in [6.45, 7) is 3.93. The van der Waals surface area contributed by atoms with Gasteiger partial charge in [-0.1, -0.05) is 35.9 Å². The monoisotopic (exact) mass is 419 g/mol. The number of methoxy groups -OCH3 is 1. The molecule has 1 amide bonds. The predicted molar refractivity (Wildman–Crippen MR) is 120 cm³/mol. The van der Waals surface area contributed by atoms with Gasteiger partial charge in [0.2, 0.25) is 5.91 Å². The summed E-state index contributed by atoms with van der Waals surface area (Å²) in [6, 6.07) is 13.3. The Labute approximate surface area is 177 Å². The van der Waals surface area contributed by atoms with Gasteiger partial charge in [-0.2, -0.15) is 0 Å². The normalized spacial score (nSPS) is 10.9. The minimum absolute atomic E-state index is 0.137. The molecule has 2 aromatic heterocycles. The minimum Gasteiger partial charge on any atom is -0.495 e. The van der Waals surface area contributed by atoms with Gasteiger partial charge in [0.05, 0.1) is 24.5 Å². The quantitative estimate of drug-likeness (QED) is 0.521. The van der Waals surface area contributed by atoms with E-state index in [1.54, 1.807) is 25.3 Å². The Morgan fingerprint density at radius 1 is 1.17 bits per heavy atom. The molecule has 0 fully saturated rings. The summed E-state index contributed by atoms with van der Waals surface area (Å²) >= 11 is 1.43. The Morgan fingerprint density at radius 3 is 2.73 bits per heavy atom. The molecule has 0 atom stereocenters. The number of nitrogens with zero attached hydrogens (tertiary/aromatic N) is 2. The van der Waals surface area contributed by atoms with Gasteiger partial charge in [0, 0.05) is 10.9 Å². The third-order valence-corrected chi connectivity index (χ3v) is 5.81. The van der Waals surface area contributed by atoms with E-state index in [1.165, 1.54) is 27.8 Å². The first-order chi connectivity index (χ1) is 14.5. The number of aromatic nitrogens is 2. The fourth-order valence-corrected chi connectivity index (χ4v) is 4.38. The zero-order chi connectivity index (χ0) is 21.3. The first-order valence-electron chi connectivity index (χ1n) is 9.45. The van der Waals surface area contributed by atoms with Crippen LogP contribution < -0.4 is 15.6 Å². The van der Waals surface area contributed by atoms with Gasteiger partial charge in [-0.25, -0.2) is 4.98 Å². The lowest BCUT2D eigenvalue weighted by atomic mass is 9.99. The molecule has 152 valence electrons. The fourth-order valence-electron chi connectivity index (χ4n) is 3.49. The molecule has 6 nitrogen and oxygen atoms in total. The van der Waals surface area contributed by atoms with Crippen LogP contribution in [-0.4, -0.2) is 22.6 Å². The van der Waals surface area contributed by atoms with E-state index in [1.807, 2.05) is 37.4 Å². The molecule has 0 unspecified atom stereocenters. The Balaban J connectivity index is 1.68. The van der Waals surface area contributed by atoms with Gasteiger partial charge in [0.1, 0.15) is 17.1 Å². The lowest BCUT2D eigenvalue weighted by Crippen LogP contribution is -2.28. The number of benzene rings is 2. The Kier molecular flexibility index (Phi) is 5.37. The standard InChI is InChI=1S/C23H21N3O3S/c1-14-8-9-16(15(2)10-14)17-12-30-22-21(17)23(28)26(13-24-22)11-20(27)25-18-6-4-5-7-19(18)29-3/h4-10,12-13H,11H2,1-3H3,(H,25,27). The fraction of sp³-hybridized carbons (Fsp3) is 0.174. The van der Waals surface area contributed by atoms with Crippen molar-refractivity contribution < 1.29 is 9.53 Å². The molecule has 1 N–H and O–H groups in total. The molecule has 2 heterocycles. The highest BCUT2D eigenvalue weighted by Crippen LogP contribution is 2.33. The second-order valence-corrected chi connectivity index (χ2v) is 7.93. The summed E-state index contributed by atoms with van der Waals surface area (Å²) in [5.41, 5.74) is 4.44. The third-order valence-electron chi connectivity index (χ3n) is 4.93. The second kappa shape index (κ2) is 8.12. The van der Waals surface area contributed by atoms with Crippen molar-refractivity contribution in [3.63, 3.8) is 0 Å². The number of rotatable bonds is 5. The number of anilines is 1. The molecule has 0 saturated heterocycles. The van der Waals surface area contributed by atoms with E-state index in [-0.39, 0.29) is 18.0 Å². The average molecular weight is 420 g/mol.